The van der Waals surface area contributed by atoms with Gasteiger partial charge in [0.2, 0.25) is 0 Å². The zero-order chi connectivity index (χ0) is 20.2. The number of hydrogen-bond donors (Lipinski definition) is 0. The van der Waals surface area contributed by atoms with Gasteiger partial charge in [0, 0.05) is 14.7 Å². The maximum Gasteiger partial charge on any atom is 0.360 e. The topological polar surface area (TPSA) is 43.4 Å². The van der Waals surface area contributed by atoms with Gasteiger partial charge in [-0.15, -0.1) is 0 Å². The molecule has 0 aliphatic heterocycles. The maximum absolute atomic E-state index is 14.0. The predicted octanol–water partition coefficient (Wildman–Crippen LogP) is 6.29. The molecule has 0 spiro atoms. The van der Waals surface area contributed by atoms with Crippen LogP contribution in [0.4, 0.5) is 0 Å². The van der Waals surface area contributed by atoms with Crippen molar-refractivity contribution in [3.63, 3.8) is 0 Å². The molecule has 0 aliphatic rings. The molecule has 29 heavy (non-hydrogen) atoms. The van der Waals surface area contributed by atoms with Crippen LogP contribution in [0.5, 0.6) is 5.75 Å². The highest BCUT2D eigenvalue weighted by atomic mass is 33.2. The van der Waals surface area contributed by atoms with E-state index in [9.17, 15) is 8.42 Å². The first kappa shape index (κ1) is 19.3. The van der Waals surface area contributed by atoms with E-state index in [1.54, 1.807) is 24.3 Å². The van der Waals surface area contributed by atoms with Crippen LogP contribution in [0.2, 0.25) is 0 Å². The lowest BCUT2D eigenvalue weighted by molar-refractivity contribution is 0.503. The summed E-state index contributed by atoms with van der Waals surface area (Å²) in [5.74, 6) is 0.298. The van der Waals surface area contributed by atoms with Gasteiger partial charge in [0.25, 0.3) is 0 Å². The Bertz CT molecular complexity index is 1070. The van der Waals surface area contributed by atoms with Gasteiger partial charge in [-0.05, 0) is 57.6 Å². The summed E-state index contributed by atoms with van der Waals surface area (Å²) in [6, 6.07) is 36.7. The highest BCUT2D eigenvalue weighted by Gasteiger charge is 2.45. The lowest BCUT2D eigenvalue weighted by atomic mass is 10.3. The Balaban J connectivity index is 2.05. The Hall–Kier alpha value is -3.02. The normalized spacial score (nSPS) is 12.3. The molecule has 0 aliphatic carbocycles. The Morgan fingerprint density at radius 3 is 1.10 bits per heavy atom. The molecule has 0 atom stereocenters. The number of hydrogen-bond acceptors (Lipinski definition) is 3. The summed E-state index contributed by atoms with van der Waals surface area (Å²) in [7, 11) is -6.87. The van der Waals surface area contributed by atoms with Crippen LogP contribution in [0.25, 0.3) is 0 Å². The second kappa shape index (κ2) is 8.15. The van der Waals surface area contributed by atoms with Gasteiger partial charge in [-0.1, -0.05) is 72.8 Å². The lowest BCUT2D eigenvalue weighted by Gasteiger charge is -2.38. The van der Waals surface area contributed by atoms with Crippen LogP contribution < -0.4 is 4.18 Å². The van der Waals surface area contributed by atoms with Crippen LogP contribution >= 0.6 is 9.06 Å². The molecule has 5 heteroatoms. The molecule has 0 heterocycles. The monoisotopic (exact) mass is 420 g/mol. The molecule has 0 N–H and O–H groups in total. The summed E-state index contributed by atoms with van der Waals surface area (Å²) in [5, 5.41) is 0. The van der Waals surface area contributed by atoms with E-state index in [4.69, 9.17) is 4.18 Å². The van der Waals surface area contributed by atoms with Gasteiger partial charge in [0.05, 0.1) is 0 Å². The first-order valence-electron chi connectivity index (χ1n) is 9.13. The van der Waals surface area contributed by atoms with Crippen LogP contribution in [0.3, 0.4) is 0 Å². The summed E-state index contributed by atoms with van der Waals surface area (Å²) in [5.41, 5.74) is 0. The highest BCUT2D eigenvalue weighted by molar-refractivity contribution is 8.89. The summed E-state index contributed by atoms with van der Waals surface area (Å²) in [6.45, 7) is 0. The van der Waals surface area contributed by atoms with Crippen molar-refractivity contribution < 1.29 is 12.6 Å². The predicted molar refractivity (Wildman–Crippen MR) is 118 cm³/mol. The molecule has 0 fully saturated rings. The van der Waals surface area contributed by atoms with E-state index in [1.165, 1.54) is 0 Å². The largest absolute Gasteiger partial charge is 0.375 e. The van der Waals surface area contributed by atoms with Crippen molar-refractivity contribution in [2.45, 2.75) is 14.7 Å². The van der Waals surface area contributed by atoms with Gasteiger partial charge in [-0.3, -0.25) is 0 Å². The third kappa shape index (κ3) is 3.55. The van der Waals surface area contributed by atoms with E-state index in [0.717, 1.165) is 0 Å². The Labute approximate surface area is 172 Å². The Kier molecular flexibility index (Phi) is 5.43. The van der Waals surface area contributed by atoms with Crippen LogP contribution in [0.15, 0.2) is 136 Å². The second-order valence-electron chi connectivity index (χ2n) is 6.30. The van der Waals surface area contributed by atoms with E-state index in [1.807, 2.05) is 97.1 Å². The molecular formula is C24H20O3S2. The maximum atomic E-state index is 14.0. The first-order valence-corrected chi connectivity index (χ1v) is 12.7. The summed E-state index contributed by atoms with van der Waals surface area (Å²) in [4.78, 5) is 2.11. The molecular weight excluding hydrogens is 400 g/mol. The van der Waals surface area contributed by atoms with Gasteiger partial charge in [0.1, 0.15) is 5.75 Å². The average molecular weight is 421 g/mol. The van der Waals surface area contributed by atoms with Crippen molar-refractivity contribution in [1.82, 2.24) is 0 Å². The molecule has 0 amide bonds. The molecule has 0 saturated carbocycles. The van der Waals surface area contributed by atoms with Crippen molar-refractivity contribution in [2.24, 2.45) is 0 Å². The highest BCUT2D eigenvalue weighted by Crippen LogP contribution is 2.72. The van der Waals surface area contributed by atoms with Crippen molar-refractivity contribution in [3.8, 4) is 5.75 Å². The third-order valence-corrected chi connectivity index (χ3v) is 12.1. The van der Waals surface area contributed by atoms with Gasteiger partial charge >= 0.3 is 9.15 Å². The number of benzene rings is 4. The first-order chi connectivity index (χ1) is 14.1. The molecule has 0 unspecified atom stereocenters. The Morgan fingerprint density at radius 1 is 0.448 bits per heavy atom. The van der Waals surface area contributed by atoms with E-state index in [2.05, 4.69) is 0 Å². The fraction of sp³-hybridized carbons (Fsp3) is 0. The minimum absolute atomic E-state index is 0.298. The van der Waals surface area contributed by atoms with Gasteiger partial charge in [-0.2, -0.15) is 8.42 Å². The molecule has 0 radical (unpaired) electrons. The van der Waals surface area contributed by atoms with Crippen LogP contribution in [0, 0.1) is 0 Å². The fourth-order valence-corrected chi connectivity index (χ4v) is 10.5. The fourth-order valence-electron chi connectivity index (χ4n) is 3.24. The van der Waals surface area contributed by atoms with Crippen molar-refractivity contribution in [2.75, 3.05) is 0 Å². The van der Waals surface area contributed by atoms with Crippen molar-refractivity contribution in [3.05, 3.63) is 121 Å². The third-order valence-electron chi connectivity index (χ3n) is 4.47. The molecule has 146 valence electrons. The molecule has 4 aromatic carbocycles. The van der Waals surface area contributed by atoms with Crippen molar-refractivity contribution in [1.29, 1.82) is 0 Å². The summed E-state index contributed by atoms with van der Waals surface area (Å²) >= 11 is 0. The molecule has 4 rings (SSSR count). The molecule has 0 aromatic heterocycles. The minimum atomic E-state index is -4.11. The Morgan fingerprint density at radius 2 is 0.759 bits per heavy atom. The van der Waals surface area contributed by atoms with Crippen molar-refractivity contribution >= 4 is 18.2 Å². The zero-order valence-electron chi connectivity index (χ0n) is 15.6. The minimum Gasteiger partial charge on any atom is -0.375 e. The SMILES string of the molecule is O=S(=O)(Oc1ccccc1)S(c1ccccc1)(c1ccccc1)c1ccccc1. The van der Waals surface area contributed by atoms with Gasteiger partial charge < -0.3 is 4.18 Å². The van der Waals surface area contributed by atoms with Crippen LogP contribution in [-0.2, 0) is 9.15 Å². The standard InChI is InChI=1S/C24H20O3S2/c25-29(26,27-21-13-5-1-6-14-21)28(22-15-7-2-8-16-22,23-17-9-3-10-18-23)24-19-11-4-12-20-24/h1-20H. The zero-order valence-corrected chi connectivity index (χ0v) is 17.2. The second-order valence-corrected chi connectivity index (χ2v) is 12.5. The van der Waals surface area contributed by atoms with Gasteiger partial charge in [-0.25, -0.2) is 0 Å². The van der Waals surface area contributed by atoms with E-state index in [-0.39, 0.29) is 0 Å². The number of rotatable bonds is 6. The molecule has 0 bridgehead atoms. The van der Waals surface area contributed by atoms with E-state index >= 15 is 0 Å². The van der Waals surface area contributed by atoms with Gasteiger partial charge in [0.15, 0.2) is 0 Å². The molecule has 0 saturated heterocycles. The summed E-state index contributed by atoms with van der Waals surface area (Å²) in [6.07, 6.45) is 0. The average Bonchev–Trinajstić information content (AvgIpc) is 2.77. The van der Waals surface area contributed by atoms with Crippen LogP contribution in [0.1, 0.15) is 0 Å². The van der Waals surface area contributed by atoms with E-state index < -0.39 is 18.2 Å². The number of para-hydroxylation sites is 1. The summed E-state index contributed by atoms with van der Waals surface area (Å²) < 4.78 is 33.8. The quantitative estimate of drug-likeness (QED) is 0.344. The lowest BCUT2D eigenvalue weighted by Crippen LogP contribution is -2.20. The molecule has 3 nitrogen and oxygen atoms in total. The van der Waals surface area contributed by atoms with E-state index in [0.29, 0.717) is 20.4 Å². The molecule has 4 aromatic rings. The smallest absolute Gasteiger partial charge is 0.360 e. The van der Waals surface area contributed by atoms with Crippen LogP contribution in [-0.4, -0.2) is 8.42 Å².